The van der Waals surface area contributed by atoms with Crippen molar-refractivity contribution in [3.05, 3.63) is 200 Å². The minimum atomic E-state index is 0.652. The first kappa shape index (κ1) is 31.8. The van der Waals surface area contributed by atoms with Gasteiger partial charge in [-0.25, -0.2) is 4.98 Å². The van der Waals surface area contributed by atoms with Gasteiger partial charge >= 0.3 is 0 Å². The number of hydrogen-bond acceptors (Lipinski definition) is 2. The van der Waals surface area contributed by atoms with Crippen molar-refractivity contribution >= 4 is 49.1 Å². The Labute approximate surface area is 323 Å². The summed E-state index contributed by atoms with van der Waals surface area (Å²) in [6, 6.07) is 70.9. The molecule has 11 rings (SSSR count). The molecular weight excluding hydrogens is 681 g/mol. The topological polar surface area (TPSA) is 46.0 Å². The van der Waals surface area contributed by atoms with Gasteiger partial charge in [0.2, 0.25) is 0 Å². The predicted molar refractivity (Wildman–Crippen MR) is 231 cm³/mol. The monoisotopic (exact) mass is 712 g/mol. The SMILES string of the molecule is N#Cc1ccc(-n2c3ccccc3c3cc(-c4ccc(-c5nc6ccccc6c6c(-c7ccccc7)c7cc(-c8ccccc8)ccc7n56)cc4)ccc32)cc1. The molecule has 0 aliphatic carbocycles. The van der Waals surface area contributed by atoms with Gasteiger partial charge in [0, 0.05) is 38.4 Å². The third-order valence-electron chi connectivity index (χ3n) is 11.1. The van der Waals surface area contributed by atoms with E-state index in [0.29, 0.717) is 5.56 Å². The van der Waals surface area contributed by atoms with Gasteiger partial charge in [-0.3, -0.25) is 4.40 Å². The van der Waals surface area contributed by atoms with E-state index in [2.05, 4.69) is 185 Å². The largest absolute Gasteiger partial charge is 0.309 e. The van der Waals surface area contributed by atoms with Crippen LogP contribution in [0, 0.1) is 11.3 Å². The molecule has 0 amide bonds. The van der Waals surface area contributed by atoms with Gasteiger partial charge in [0.15, 0.2) is 0 Å². The molecule has 260 valence electrons. The van der Waals surface area contributed by atoms with Crippen molar-refractivity contribution in [3.8, 4) is 56.5 Å². The summed E-state index contributed by atoms with van der Waals surface area (Å²) >= 11 is 0. The minimum Gasteiger partial charge on any atom is -0.309 e. The van der Waals surface area contributed by atoms with Crippen molar-refractivity contribution in [3.63, 3.8) is 0 Å². The molecule has 4 heteroatoms. The average Bonchev–Trinajstić information content (AvgIpc) is 3.80. The van der Waals surface area contributed by atoms with Crippen molar-refractivity contribution < 1.29 is 0 Å². The van der Waals surface area contributed by atoms with Crippen LogP contribution in [0.3, 0.4) is 0 Å². The van der Waals surface area contributed by atoms with Gasteiger partial charge in [0.1, 0.15) is 5.82 Å². The fourth-order valence-corrected chi connectivity index (χ4v) is 8.53. The fourth-order valence-electron chi connectivity index (χ4n) is 8.53. The summed E-state index contributed by atoms with van der Waals surface area (Å²) < 4.78 is 4.65. The number of hydrogen-bond donors (Lipinski definition) is 0. The van der Waals surface area contributed by atoms with Crippen LogP contribution in [0.5, 0.6) is 0 Å². The zero-order valence-corrected chi connectivity index (χ0v) is 30.3. The number of fused-ring (bicyclic) bond motifs is 8. The molecule has 3 aromatic heterocycles. The molecule has 0 bridgehead atoms. The normalized spacial score (nSPS) is 11.6. The summed E-state index contributed by atoms with van der Waals surface area (Å²) in [5.74, 6) is 0.908. The highest BCUT2D eigenvalue weighted by Gasteiger charge is 2.21. The standard InChI is InChI=1S/C52H32N4/c53-33-34-19-27-41(28-20-34)55-47-18-10-8-15-42(47)44-31-39(25-29-48(44)55)36-21-23-38(24-22-36)52-54-46-17-9-7-16-43(46)51-50(37-13-5-2-6-14-37)45-32-40(26-30-49(45)56(51)52)35-11-3-1-4-12-35/h1-32H. The lowest BCUT2D eigenvalue weighted by Gasteiger charge is -2.12. The first-order chi connectivity index (χ1) is 27.7. The first-order valence-electron chi connectivity index (χ1n) is 18.9. The van der Waals surface area contributed by atoms with Crippen molar-refractivity contribution in [1.82, 2.24) is 14.0 Å². The van der Waals surface area contributed by atoms with Gasteiger partial charge in [-0.15, -0.1) is 0 Å². The van der Waals surface area contributed by atoms with Crippen LogP contribution in [-0.2, 0) is 0 Å². The molecule has 8 aromatic carbocycles. The lowest BCUT2D eigenvalue weighted by atomic mass is 9.98. The smallest absolute Gasteiger partial charge is 0.145 e. The van der Waals surface area contributed by atoms with Crippen LogP contribution >= 0.6 is 0 Å². The zero-order valence-electron chi connectivity index (χ0n) is 30.3. The zero-order chi connectivity index (χ0) is 37.2. The molecule has 0 unspecified atom stereocenters. The number of aromatic nitrogens is 3. The molecule has 0 aliphatic rings. The Hall–Kier alpha value is -7.74. The highest BCUT2D eigenvalue weighted by atomic mass is 15.0. The molecule has 0 aliphatic heterocycles. The molecule has 0 saturated heterocycles. The van der Waals surface area contributed by atoms with Crippen LogP contribution in [0.25, 0.3) is 99.6 Å². The number of rotatable bonds is 5. The maximum absolute atomic E-state index is 9.38. The Balaban J connectivity index is 1.09. The average molecular weight is 713 g/mol. The van der Waals surface area contributed by atoms with Gasteiger partial charge in [-0.1, -0.05) is 133 Å². The molecule has 11 aromatic rings. The summed E-state index contributed by atoms with van der Waals surface area (Å²) in [4.78, 5) is 5.37. The van der Waals surface area contributed by atoms with E-state index >= 15 is 0 Å². The van der Waals surface area contributed by atoms with Crippen LogP contribution in [0.2, 0.25) is 0 Å². The summed E-state index contributed by atoms with van der Waals surface area (Å²) in [6.07, 6.45) is 0. The second-order valence-electron chi connectivity index (χ2n) is 14.3. The maximum atomic E-state index is 9.38. The summed E-state index contributed by atoms with van der Waals surface area (Å²) in [6.45, 7) is 0. The lowest BCUT2D eigenvalue weighted by molar-refractivity contribution is 1.17. The Kier molecular flexibility index (Phi) is 7.20. The summed E-state index contributed by atoms with van der Waals surface area (Å²) in [7, 11) is 0. The van der Waals surface area contributed by atoms with E-state index < -0.39 is 0 Å². The molecule has 0 radical (unpaired) electrons. The second-order valence-corrected chi connectivity index (χ2v) is 14.3. The Morgan fingerprint density at radius 3 is 1.70 bits per heavy atom. The molecule has 3 heterocycles. The van der Waals surface area contributed by atoms with Crippen molar-refractivity contribution in [2.24, 2.45) is 0 Å². The number of nitriles is 1. The molecule has 4 nitrogen and oxygen atoms in total. The second kappa shape index (κ2) is 12.7. The van der Waals surface area contributed by atoms with E-state index in [9.17, 15) is 5.26 Å². The van der Waals surface area contributed by atoms with Crippen LogP contribution in [0.15, 0.2) is 194 Å². The molecule has 0 N–H and O–H groups in total. The van der Waals surface area contributed by atoms with Crippen LogP contribution in [-0.4, -0.2) is 14.0 Å². The minimum absolute atomic E-state index is 0.652. The lowest BCUT2D eigenvalue weighted by Crippen LogP contribution is -1.98. The third kappa shape index (κ3) is 4.96. The third-order valence-corrected chi connectivity index (χ3v) is 11.1. The summed E-state index contributed by atoms with van der Waals surface area (Å²) in [5, 5.41) is 14.1. The predicted octanol–water partition coefficient (Wildman–Crippen LogP) is 13.3. The van der Waals surface area contributed by atoms with Crippen LogP contribution in [0.4, 0.5) is 0 Å². The van der Waals surface area contributed by atoms with E-state index in [0.717, 1.165) is 61.2 Å². The van der Waals surface area contributed by atoms with Crippen molar-refractivity contribution in [2.45, 2.75) is 0 Å². The molecule has 0 saturated carbocycles. The van der Waals surface area contributed by atoms with Crippen LogP contribution < -0.4 is 0 Å². The van der Waals surface area contributed by atoms with E-state index in [-0.39, 0.29) is 0 Å². The highest BCUT2D eigenvalue weighted by molar-refractivity contribution is 6.15. The van der Waals surface area contributed by atoms with E-state index in [1.165, 1.54) is 38.4 Å². The molecule has 56 heavy (non-hydrogen) atoms. The quantitative estimate of drug-likeness (QED) is 0.178. The van der Waals surface area contributed by atoms with E-state index in [4.69, 9.17) is 4.98 Å². The summed E-state index contributed by atoms with van der Waals surface area (Å²) in [5.41, 5.74) is 15.3. The molecular formula is C52H32N4. The van der Waals surface area contributed by atoms with Gasteiger partial charge in [0.25, 0.3) is 0 Å². The van der Waals surface area contributed by atoms with Crippen molar-refractivity contribution in [1.29, 1.82) is 5.26 Å². The van der Waals surface area contributed by atoms with E-state index in [1.54, 1.807) is 0 Å². The maximum Gasteiger partial charge on any atom is 0.145 e. The van der Waals surface area contributed by atoms with E-state index in [1.807, 2.05) is 24.3 Å². The molecule has 0 atom stereocenters. The van der Waals surface area contributed by atoms with Gasteiger partial charge < -0.3 is 4.57 Å². The first-order valence-corrected chi connectivity index (χ1v) is 18.9. The fraction of sp³-hybridized carbons (Fsp3) is 0. The molecule has 0 fully saturated rings. The molecule has 0 spiro atoms. The Morgan fingerprint density at radius 2 is 0.964 bits per heavy atom. The van der Waals surface area contributed by atoms with Crippen LogP contribution in [0.1, 0.15) is 5.56 Å². The van der Waals surface area contributed by atoms with Gasteiger partial charge in [0.05, 0.1) is 39.2 Å². The Morgan fingerprint density at radius 1 is 0.411 bits per heavy atom. The highest BCUT2D eigenvalue weighted by Crippen LogP contribution is 2.43. The Bertz CT molecular complexity index is 3330. The van der Waals surface area contributed by atoms with Gasteiger partial charge in [-0.2, -0.15) is 5.26 Å². The van der Waals surface area contributed by atoms with Crippen molar-refractivity contribution in [2.75, 3.05) is 0 Å². The number of nitrogens with zero attached hydrogens (tertiary/aromatic N) is 4. The number of para-hydroxylation sites is 2. The number of benzene rings is 8. The van der Waals surface area contributed by atoms with Gasteiger partial charge in [-0.05, 0) is 88.5 Å².